The van der Waals surface area contributed by atoms with E-state index in [1.165, 1.54) is 6.21 Å². The first-order valence-electron chi connectivity index (χ1n) is 6.21. The van der Waals surface area contributed by atoms with Gasteiger partial charge in [0.1, 0.15) is 11.5 Å². The van der Waals surface area contributed by atoms with Crippen LogP contribution in [0.15, 0.2) is 53.6 Å². The molecule has 0 saturated carbocycles. The second-order valence-electron chi connectivity index (χ2n) is 4.11. The number of phenols is 1. The van der Waals surface area contributed by atoms with Crippen molar-refractivity contribution in [1.82, 2.24) is 5.43 Å². The summed E-state index contributed by atoms with van der Waals surface area (Å²) >= 11 is 5.12. The predicted molar refractivity (Wildman–Crippen MR) is 88.1 cm³/mol. The van der Waals surface area contributed by atoms with Crippen molar-refractivity contribution in [2.45, 2.75) is 0 Å². The molecule has 2 aromatic carbocycles. The number of para-hydroxylation sites is 1. The van der Waals surface area contributed by atoms with Crippen molar-refractivity contribution in [2.24, 2.45) is 5.10 Å². The predicted octanol–water partition coefficient (Wildman–Crippen LogP) is 2.72. The topological polar surface area (TPSA) is 65.9 Å². The van der Waals surface area contributed by atoms with Crippen LogP contribution in [0.5, 0.6) is 11.5 Å². The van der Waals surface area contributed by atoms with Gasteiger partial charge in [0.25, 0.3) is 0 Å². The van der Waals surface area contributed by atoms with Gasteiger partial charge in [-0.1, -0.05) is 18.2 Å². The molecular formula is C15H15N3O2S. The Labute approximate surface area is 128 Å². The number of hydrogen-bond acceptors (Lipinski definition) is 4. The number of hydrazone groups is 1. The van der Waals surface area contributed by atoms with Crippen molar-refractivity contribution in [3.8, 4) is 11.5 Å². The van der Waals surface area contributed by atoms with Crippen LogP contribution in [0.25, 0.3) is 0 Å². The van der Waals surface area contributed by atoms with Crippen molar-refractivity contribution in [2.75, 3.05) is 12.4 Å². The summed E-state index contributed by atoms with van der Waals surface area (Å²) in [5.74, 6) is 0.898. The van der Waals surface area contributed by atoms with Gasteiger partial charge in [-0.15, -0.1) is 0 Å². The number of phenolic OH excluding ortho intramolecular Hbond substituents is 1. The van der Waals surface area contributed by atoms with Gasteiger partial charge in [0.05, 0.1) is 13.3 Å². The monoisotopic (exact) mass is 301 g/mol. The highest BCUT2D eigenvalue weighted by molar-refractivity contribution is 7.80. The Bertz CT molecular complexity index is 659. The van der Waals surface area contributed by atoms with E-state index in [4.69, 9.17) is 17.0 Å². The van der Waals surface area contributed by atoms with Crippen molar-refractivity contribution in [3.63, 3.8) is 0 Å². The fraction of sp³-hybridized carbons (Fsp3) is 0.0667. The summed E-state index contributed by atoms with van der Waals surface area (Å²) in [5.41, 5.74) is 4.08. The average molecular weight is 301 g/mol. The lowest BCUT2D eigenvalue weighted by atomic mass is 10.2. The highest BCUT2D eigenvalue weighted by Crippen LogP contribution is 2.16. The summed E-state index contributed by atoms with van der Waals surface area (Å²) in [5, 5.41) is 16.9. The summed E-state index contributed by atoms with van der Waals surface area (Å²) in [6.45, 7) is 0. The Kier molecular flexibility index (Phi) is 5.11. The van der Waals surface area contributed by atoms with Crippen molar-refractivity contribution < 1.29 is 9.84 Å². The van der Waals surface area contributed by atoms with Crippen LogP contribution < -0.4 is 15.5 Å². The summed E-state index contributed by atoms with van der Waals surface area (Å²) in [7, 11) is 1.60. The molecule has 0 spiro atoms. The Balaban J connectivity index is 1.91. The minimum absolute atomic E-state index is 0.162. The summed E-state index contributed by atoms with van der Waals surface area (Å²) in [6.07, 6.45) is 1.49. The smallest absolute Gasteiger partial charge is 0.191 e. The Morgan fingerprint density at radius 1 is 1.24 bits per heavy atom. The van der Waals surface area contributed by atoms with Gasteiger partial charge in [-0.25, -0.2) is 0 Å². The number of rotatable bonds is 4. The first-order valence-corrected chi connectivity index (χ1v) is 6.62. The van der Waals surface area contributed by atoms with Crippen LogP contribution in [0.3, 0.4) is 0 Å². The third-order valence-corrected chi connectivity index (χ3v) is 2.83. The maximum atomic E-state index is 9.59. The van der Waals surface area contributed by atoms with E-state index in [2.05, 4.69) is 15.8 Å². The molecule has 0 heterocycles. The molecule has 2 rings (SSSR count). The molecule has 0 atom stereocenters. The molecule has 0 radical (unpaired) electrons. The SMILES string of the molecule is COc1cccc(NC(=S)N/N=C/c2ccccc2O)c1. The Morgan fingerprint density at radius 2 is 2.05 bits per heavy atom. The summed E-state index contributed by atoms with van der Waals surface area (Å²) < 4.78 is 5.13. The lowest BCUT2D eigenvalue weighted by molar-refractivity contribution is 0.415. The molecule has 0 fully saturated rings. The molecule has 21 heavy (non-hydrogen) atoms. The number of anilines is 1. The van der Waals surface area contributed by atoms with Crippen LogP contribution in [0.2, 0.25) is 0 Å². The molecule has 3 N–H and O–H groups in total. The fourth-order valence-corrected chi connectivity index (χ4v) is 1.79. The molecule has 0 aliphatic carbocycles. The standard InChI is InChI=1S/C15H15N3O2S/c1-20-13-7-4-6-12(9-13)17-15(21)18-16-10-11-5-2-3-8-14(11)19/h2-10,19H,1H3,(H2,17,18,21)/b16-10+. The highest BCUT2D eigenvalue weighted by Gasteiger charge is 1.98. The second-order valence-corrected chi connectivity index (χ2v) is 4.52. The van der Waals surface area contributed by atoms with Gasteiger partial charge in [-0.3, -0.25) is 5.43 Å². The van der Waals surface area contributed by atoms with Crippen molar-refractivity contribution >= 4 is 29.2 Å². The molecule has 0 unspecified atom stereocenters. The van der Waals surface area contributed by atoms with E-state index in [0.29, 0.717) is 10.7 Å². The number of ether oxygens (including phenoxy) is 1. The average Bonchev–Trinajstić information content (AvgIpc) is 2.49. The minimum atomic E-state index is 0.162. The molecule has 2 aromatic rings. The second kappa shape index (κ2) is 7.25. The number of benzene rings is 2. The zero-order valence-electron chi connectivity index (χ0n) is 11.4. The van der Waals surface area contributed by atoms with Crippen LogP contribution >= 0.6 is 12.2 Å². The minimum Gasteiger partial charge on any atom is -0.507 e. The largest absolute Gasteiger partial charge is 0.507 e. The molecule has 0 amide bonds. The van der Waals surface area contributed by atoms with Gasteiger partial charge >= 0.3 is 0 Å². The summed E-state index contributed by atoms with van der Waals surface area (Å²) in [4.78, 5) is 0. The van der Waals surface area contributed by atoms with Crippen LogP contribution in [-0.4, -0.2) is 23.5 Å². The lowest BCUT2D eigenvalue weighted by Crippen LogP contribution is -2.23. The van der Waals surface area contributed by atoms with E-state index < -0.39 is 0 Å². The molecule has 0 aromatic heterocycles. The molecule has 0 bridgehead atoms. The summed E-state index contributed by atoms with van der Waals surface area (Å²) in [6, 6.07) is 14.3. The highest BCUT2D eigenvalue weighted by atomic mass is 32.1. The van der Waals surface area contributed by atoms with Gasteiger partial charge in [-0.05, 0) is 36.5 Å². The Morgan fingerprint density at radius 3 is 2.81 bits per heavy atom. The number of hydrogen-bond donors (Lipinski definition) is 3. The first kappa shape index (κ1) is 14.8. The fourth-order valence-electron chi connectivity index (χ4n) is 1.62. The van der Waals surface area contributed by atoms with Gasteiger partial charge < -0.3 is 15.2 Å². The number of nitrogens with one attached hydrogen (secondary N) is 2. The molecule has 6 heteroatoms. The van der Waals surface area contributed by atoms with E-state index >= 15 is 0 Å². The maximum Gasteiger partial charge on any atom is 0.191 e. The van der Waals surface area contributed by atoms with Crippen LogP contribution in [0.1, 0.15) is 5.56 Å². The van der Waals surface area contributed by atoms with Gasteiger partial charge in [0.15, 0.2) is 5.11 Å². The normalized spacial score (nSPS) is 10.3. The van der Waals surface area contributed by atoms with Crippen LogP contribution in [0.4, 0.5) is 5.69 Å². The van der Waals surface area contributed by atoms with Gasteiger partial charge in [-0.2, -0.15) is 5.10 Å². The first-order chi connectivity index (χ1) is 10.2. The molecule has 0 saturated heterocycles. The van der Waals surface area contributed by atoms with E-state index in [0.717, 1.165) is 11.4 Å². The van der Waals surface area contributed by atoms with E-state index in [1.807, 2.05) is 30.3 Å². The van der Waals surface area contributed by atoms with E-state index in [-0.39, 0.29) is 5.75 Å². The number of aromatic hydroxyl groups is 1. The zero-order chi connectivity index (χ0) is 15.1. The third kappa shape index (κ3) is 4.47. The molecule has 5 nitrogen and oxygen atoms in total. The van der Waals surface area contributed by atoms with Crippen LogP contribution in [-0.2, 0) is 0 Å². The third-order valence-electron chi connectivity index (χ3n) is 2.63. The maximum absolute atomic E-state index is 9.59. The molecule has 0 aliphatic rings. The number of methoxy groups -OCH3 is 1. The van der Waals surface area contributed by atoms with Crippen molar-refractivity contribution in [1.29, 1.82) is 0 Å². The quantitative estimate of drug-likeness (QED) is 0.460. The van der Waals surface area contributed by atoms with Gasteiger partial charge in [0, 0.05) is 17.3 Å². The Hall–Kier alpha value is -2.60. The van der Waals surface area contributed by atoms with E-state index in [1.54, 1.807) is 25.3 Å². The molecular weight excluding hydrogens is 286 g/mol. The zero-order valence-corrected chi connectivity index (χ0v) is 12.2. The lowest BCUT2D eigenvalue weighted by Gasteiger charge is -2.08. The van der Waals surface area contributed by atoms with Crippen molar-refractivity contribution in [3.05, 3.63) is 54.1 Å². The molecule has 108 valence electrons. The number of nitrogens with zero attached hydrogens (tertiary/aromatic N) is 1. The number of thiocarbonyl (C=S) groups is 1. The molecule has 0 aliphatic heterocycles. The van der Waals surface area contributed by atoms with E-state index in [9.17, 15) is 5.11 Å². The van der Waals surface area contributed by atoms with Gasteiger partial charge in [0.2, 0.25) is 0 Å². The van der Waals surface area contributed by atoms with Crippen LogP contribution in [0, 0.1) is 0 Å².